The highest BCUT2D eigenvalue weighted by Crippen LogP contribution is 2.14. The van der Waals surface area contributed by atoms with Crippen molar-refractivity contribution in [3.8, 4) is 0 Å². The van der Waals surface area contributed by atoms with E-state index in [0.29, 0.717) is 18.1 Å². The maximum atomic E-state index is 12.3. The van der Waals surface area contributed by atoms with Gasteiger partial charge in [0.05, 0.1) is 24.3 Å². The number of carbonyl (C=O) groups is 2. The molecular formula is C20H21ClO4. The Kier molecular flexibility index (Phi) is 7.48. The highest BCUT2D eigenvalue weighted by molar-refractivity contribution is 6.30. The molecule has 0 aliphatic carbocycles. The van der Waals surface area contributed by atoms with Crippen LogP contribution >= 0.6 is 11.6 Å². The number of ether oxygens (including phenoxy) is 2. The van der Waals surface area contributed by atoms with Gasteiger partial charge in [0, 0.05) is 11.4 Å². The summed E-state index contributed by atoms with van der Waals surface area (Å²) in [6.07, 6.45) is 2.27. The second-order valence-electron chi connectivity index (χ2n) is 5.55. The second-order valence-corrected chi connectivity index (χ2v) is 5.99. The second kappa shape index (κ2) is 9.84. The van der Waals surface area contributed by atoms with Crippen molar-refractivity contribution in [2.45, 2.75) is 26.2 Å². The van der Waals surface area contributed by atoms with Crippen molar-refractivity contribution >= 4 is 23.5 Å². The van der Waals surface area contributed by atoms with Crippen LogP contribution in [0.1, 0.15) is 46.0 Å². The van der Waals surface area contributed by atoms with Crippen LogP contribution in [0.15, 0.2) is 48.5 Å². The average molecular weight is 361 g/mol. The molecule has 0 amide bonds. The summed E-state index contributed by atoms with van der Waals surface area (Å²) < 4.78 is 10.5. The topological polar surface area (TPSA) is 52.6 Å². The van der Waals surface area contributed by atoms with Gasteiger partial charge >= 0.3 is 11.9 Å². The fourth-order valence-corrected chi connectivity index (χ4v) is 2.47. The lowest BCUT2D eigenvalue weighted by molar-refractivity contribution is 0.0457. The summed E-state index contributed by atoms with van der Waals surface area (Å²) in [7, 11) is 0. The number of esters is 2. The zero-order valence-electron chi connectivity index (χ0n) is 14.2. The van der Waals surface area contributed by atoms with E-state index in [1.165, 1.54) is 0 Å². The quantitative estimate of drug-likeness (QED) is 0.506. The Morgan fingerprint density at radius 3 is 2.16 bits per heavy atom. The van der Waals surface area contributed by atoms with Crippen LogP contribution in [0.5, 0.6) is 0 Å². The number of hydrogen-bond donors (Lipinski definition) is 0. The van der Waals surface area contributed by atoms with Crippen LogP contribution in [0, 0.1) is 0 Å². The molecule has 0 N–H and O–H groups in total. The fourth-order valence-electron chi connectivity index (χ4n) is 2.26. The van der Waals surface area contributed by atoms with Gasteiger partial charge in [-0.25, -0.2) is 9.59 Å². The van der Waals surface area contributed by atoms with Crippen molar-refractivity contribution < 1.29 is 19.1 Å². The predicted octanol–water partition coefficient (Wildman–Crippen LogP) is 4.70. The molecule has 0 spiro atoms. The summed E-state index contributed by atoms with van der Waals surface area (Å²) in [5, 5.41) is 0.643. The average Bonchev–Trinajstić information content (AvgIpc) is 2.62. The van der Waals surface area contributed by atoms with E-state index in [1.807, 2.05) is 25.1 Å². The third-order valence-electron chi connectivity index (χ3n) is 3.61. The Morgan fingerprint density at radius 1 is 0.920 bits per heavy atom. The van der Waals surface area contributed by atoms with Gasteiger partial charge in [0.25, 0.3) is 0 Å². The van der Waals surface area contributed by atoms with Crippen LogP contribution in [0.4, 0.5) is 0 Å². The van der Waals surface area contributed by atoms with Crippen molar-refractivity contribution in [3.05, 3.63) is 70.2 Å². The molecular weight excluding hydrogens is 340 g/mol. The van der Waals surface area contributed by atoms with Gasteiger partial charge in [0.2, 0.25) is 0 Å². The lowest BCUT2D eigenvalue weighted by Gasteiger charge is -2.10. The molecule has 2 aromatic rings. The van der Waals surface area contributed by atoms with Gasteiger partial charge in [-0.05, 0) is 36.2 Å². The van der Waals surface area contributed by atoms with Crippen molar-refractivity contribution in [2.24, 2.45) is 0 Å². The third kappa shape index (κ3) is 5.91. The summed E-state index contributed by atoms with van der Waals surface area (Å²) in [6.45, 7) is 2.56. The molecule has 0 saturated heterocycles. The lowest BCUT2D eigenvalue weighted by atomic mass is 10.1. The number of rotatable bonds is 8. The van der Waals surface area contributed by atoms with Crippen molar-refractivity contribution in [1.29, 1.82) is 0 Å². The minimum atomic E-state index is -0.537. The fraction of sp³-hybridized carbons (Fsp3) is 0.300. The van der Waals surface area contributed by atoms with Gasteiger partial charge in [0.15, 0.2) is 0 Å². The molecule has 0 heterocycles. The molecule has 0 aromatic heterocycles. The number of halogens is 1. The Balaban J connectivity index is 1.95. The van der Waals surface area contributed by atoms with Crippen molar-refractivity contribution in [1.82, 2.24) is 0 Å². The van der Waals surface area contributed by atoms with Gasteiger partial charge in [-0.3, -0.25) is 0 Å². The Morgan fingerprint density at radius 2 is 1.56 bits per heavy atom. The molecule has 0 aliphatic heterocycles. The Bertz CT molecular complexity index is 727. The molecule has 0 aliphatic rings. The molecule has 2 aromatic carbocycles. The molecule has 0 fully saturated rings. The SMILES string of the molecule is CCCCOC(=O)c1ccccc1C(=O)OCCc1cccc(Cl)c1. The highest BCUT2D eigenvalue weighted by Gasteiger charge is 2.18. The third-order valence-corrected chi connectivity index (χ3v) is 3.85. The first-order valence-electron chi connectivity index (χ1n) is 8.29. The summed E-state index contributed by atoms with van der Waals surface area (Å²) in [5.41, 5.74) is 1.43. The number of carbonyl (C=O) groups excluding carboxylic acids is 2. The summed E-state index contributed by atoms with van der Waals surface area (Å²) >= 11 is 5.93. The van der Waals surface area contributed by atoms with Gasteiger partial charge in [0.1, 0.15) is 0 Å². The van der Waals surface area contributed by atoms with Gasteiger partial charge < -0.3 is 9.47 Å². The summed E-state index contributed by atoms with van der Waals surface area (Å²) in [6, 6.07) is 13.9. The Hall–Kier alpha value is -2.33. The Labute approximate surface area is 152 Å². The van der Waals surface area contributed by atoms with Crippen molar-refractivity contribution in [2.75, 3.05) is 13.2 Å². The first-order valence-corrected chi connectivity index (χ1v) is 8.67. The van der Waals surface area contributed by atoms with Crippen LogP contribution in [-0.2, 0) is 15.9 Å². The van der Waals surface area contributed by atoms with E-state index in [2.05, 4.69) is 0 Å². The van der Waals surface area contributed by atoms with E-state index < -0.39 is 11.9 Å². The van der Waals surface area contributed by atoms with Gasteiger partial charge in [-0.2, -0.15) is 0 Å². The molecule has 4 nitrogen and oxygen atoms in total. The predicted molar refractivity (Wildman–Crippen MR) is 97.1 cm³/mol. The monoisotopic (exact) mass is 360 g/mol. The normalized spacial score (nSPS) is 10.3. The zero-order chi connectivity index (χ0) is 18.1. The van der Waals surface area contributed by atoms with Crippen LogP contribution < -0.4 is 0 Å². The standard InChI is InChI=1S/C20H21ClO4/c1-2-3-12-24-19(22)17-9-4-5-10-18(17)20(23)25-13-11-15-7-6-8-16(21)14-15/h4-10,14H,2-3,11-13H2,1H3. The zero-order valence-corrected chi connectivity index (χ0v) is 14.9. The molecule has 5 heteroatoms. The summed E-state index contributed by atoms with van der Waals surface area (Å²) in [5.74, 6) is -1.04. The maximum Gasteiger partial charge on any atom is 0.339 e. The molecule has 2 rings (SSSR count). The lowest BCUT2D eigenvalue weighted by Crippen LogP contribution is -2.15. The van der Waals surface area contributed by atoms with E-state index in [1.54, 1.807) is 30.3 Å². The van der Waals surface area contributed by atoms with Crippen LogP contribution in [0.25, 0.3) is 0 Å². The largest absolute Gasteiger partial charge is 0.462 e. The molecule has 0 saturated carbocycles. The van der Waals surface area contributed by atoms with Gasteiger partial charge in [-0.1, -0.05) is 49.2 Å². The first-order chi connectivity index (χ1) is 12.1. The molecule has 25 heavy (non-hydrogen) atoms. The molecule has 0 atom stereocenters. The minimum Gasteiger partial charge on any atom is -0.462 e. The minimum absolute atomic E-state index is 0.207. The van der Waals surface area contributed by atoms with Crippen LogP contribution in [0.2, 0.25) is 5.02 Å². The number of unbranched alkanes of at least 4 members (excludes halogenated alkanes) is 1. The molecule has 0 unspecified atom stereocenters. The maximum absolute atomic E-state index is 12.3. The summed E-state index contributed by atoms with van der Waals surface area (Å²) in [4.78, 5) is 24.4. The molecule has 0 bridgehead atoms. The molecule has 0 radical (unpaired) electrons. The van der Waals surface area contributed by atoms with Gasteiger partial charge in [-0.15, -0.1) is 0 Å². The first kappa shape index (κ1) is 19.0. The number of hydrogen-bond acceptors (Lipinski definition) is 4. The van der Waals surface area contributed by atoms with E-state index in [0.717, 1.165) is 18.4 Å². The number of benzene rings is 2. The highest BCUT2D eigenvalue weighted by atomic mass is 35.5. The van der Waals surface area contributed by atoms with E-state index in [9.17, 15) is 9.59 Å². The van der Waals surface area contributed by atoms with E-state index in [-0.39, 0.29) is 17.7 Å². The van der Waals surface area contributed by atoms with Crippen LogP contribution in [-0.4, -0.2) is 25.2 Å². The van der Waals surface area contributed by atoms with E-state index >= 15 is 0 Å². The smallest absolute Gasteiger partial charge is 0.339 e. The van der Waals surface area contributed by atoms with Crippen LogP contribution in [0.3, 0.4) is 0 Å². The van der Waals surface area contributed by atoms with Crippen molar-refractivity contribution in [3.63, 3.8) is 0 Å². The van der Waals surface area contributed by atoms with E-state index in [4.69, 9.17) is 21.1 Å². The molecule has 132 valence electrons.